The zero-order valence-electron chi connectivity index (χ0n) is 10.6. The Morgan fingerprint density at radius 2 is 2.11 bits per heavy atom. The van der Waals surface area contributed by atoms with Crippen molar-refractivity contribution in [3.8, 4) is 11.5 Å². The predicted octanol–water partition coefficient (Wildman–Crippen LogP) is 3.00. The summed E-state index contributed by atoms with van der Waals surface area (Å²) >= 11 is 0. The summed E-state index contributed by atoms with van der Waals surface area (Å²) in [6.07, 6.45) is 8.51. The van der Waals surface area contributed by atoms with E-state index in [1.165, 1.54) is 25.7 Å². The maximum absolute atomic E-state index is 12.2. The Hall–Kier alpha value is -2.04. The van der Waals surface area contributed by atoms with E-state index in [2.05, 4.69) is 10.3 Å². The van der Waals surface area contributed by atoms with Gasteiger partial charge < -0.3 is 14.2 Å². The molecule has 1 N–H and O–H groups in total. The molecular formula is C14H16N2O3. The predicted molar refractivity (Wildman–Crippen MR) is 68.5 cm³/mol. The molecule has 0 spiro atoms. The molecule has 3 rings (SSSR count). The first-order valence-corrected chi connectivity index (χ1v) is 6.63. The number of amides is 1. The molecule has 100 valence electrons. The number of carbonyl (C=O) groups is 1. The van der Waals surface area contributed by atoms with Crippen LogP contribution in [-0.4, -0.2) is 16.9 Å². The summed E-state index contributed by atoms with van der Waals surface area (Å²) in [6, 6.07) is 3.75. The fourth-order valence-electron chi connectivity index (χ4n) is 2.49. The quantitative estimate of drug-likeness (QED) is 0.921. The summed E-state index contributed by atoms with van der Waals surface area (Å²) in [6.45, 7) is 0. The molecule has 0 radical (unpaired) electrons. The Morgan fingerprint density at radius 1 is 1.26 bits per heavy atom. The van der Waals surface area contributed by atoms with Crippen molar-refractivity contribution in [2.24, 2.45) is 0 Å². The van der Waals surface area contributed by atoms with Gasteiger partial charge in [-0.1, -0.05) is 19.3 Å². The van der Waals surface area contributed by atoms with Gasteiger partial charge in [-0.25, -0.2) is 4.98 Å². The third-order valence-electron chi connectivity index (χ3n) is 3.47. The van der Waals surface area contributed by atoms with Crippen LogP contribution < -0.4 is 5.32 Å². The van der Waals surface area contributed by atoms with E-state index in [1.807, 2.05) is 0 Å². The minimum Gasteiger partial charge on any atom is -0.461 e. The Kier molecular flexibility index (Phi) is 3.35. The lowest BCUT2D eigenvalue weighted by Crippen LogP contribution is -2.36. The molecule has 0 bridgehead atoms. The molecule has 0 aromatic carbocycles. The molecule has 1 aliphatic carbocycles. The van der Waals surface area contributed by atoms with Gasteiger partial charge in [0.25, 0.3) is 5.91 Å². The SMILES string of the molecule is O=C(NC1CCCCC1)c1ncoc1-c1ccco1. The van der Waals surface area contributed by atoms with Crippen molar-refractivity contribution in [3.63, 3.8) is 0 Å². The number of hydrogen-bond donors (Lipinski definition) is 1. The molecule has 5 heteroatoms. The van der Waals surface area contributed by atoms with Crippen LogP contribution in [-0.2, 0) is 0 Å². The fourth-order valence-corrected chi connectivity index (χ4v) is 2.49. The summed E-state index contributed by atoms with van der Waals surface area (Å²) in [7, 11) is 0. The molecule has 2 aromatic heterocycles. The summed E-state index contributed by atoms with van der Waals surface area (Å²) in [4.78, 5) is 16.2. The molecule has 5 nitrogen and oxygen atoms in total. The second-order valence-corrected chi connectivity index (χ2v) is 4.82. The summed E-state index contributed by atoms with van der Waals surface area (Å²) in [5.74, 6) is 0.719. The third-order valence-corrected chi connectivity index (χ3v) is 3.47. The van der Waals surface area contributed by atoms with Crippen LogP contribution in [0.2, 0.25) is 0 Å². The average Bonchev–Trinajstić information content (AvgIpc) is 3.10. The monoisotopic (exact) mass is 260 g/mol. The van der Waals surface area contributed by atoms with E-state index in [0.29, 0.717) is 17.2 Å². The standard InChI is InChI=1S/C14H16N2O3/c17-14(16-10-5-2-1-3-6-10)12-13(19-9-15-12)11-7-4-8-18-11/h4,7-10H,1-3,5-6H2,(H,16,17). The number of furan rings is 1. The van der Waals surface area contributed by atoms with Gasteiger partial charge in [0.15, 0.2) is 17.8 Å². The average molecular weight is 260 g/mol. The zero-order valence-corrected chi connectivity index (χ0v) is 10.6. The van der Waals surface area contributed by atoms with Gasteiger partial charge in [0, 0.05) is 6.04 Å². The molecular weight excluding hydrogens is 244 g/mol. The number of aromatic nitrogens is 1. The number of carbonyl (C=O) groups excluding carboxylic acids is 1. The Balaban J connectivity index is 1.75. The van der Waals surface area contributed by atoms with E-state index in [0.717, 1.165) is 12.8 Å². The van der Waals surface area contributed by atoms with Gasteiger partial charge in [0.2, 0.25) is 5.76 Å². The maximum atomic E-state index is 12.2. The highest BCUT2D eigenvalue weighted by Gasteiger charge is 2.23. The molecule has 0 unspecified atom stereocenters. The van der Waals surface area contributed by atoms with E-state index in [-0.39, 0.29) is 11.9 Å². The van der Waals surface area contributed by atoms with Crippen LogP contribution in [0.3, 0.4) is 0 Å². The van der Waals surface area contributed by atoms with Gasteiger partial charge in [-0.05, 0) is 25.0 Å². The van der Waals surface area contributed by atoms with Crippen molar-refractivity contribution in [2.75, 3.05) is 0 Å². The van der Waals surface area contributed by atoms with Crippen molar-refractivity contribution in [2.45, 2.75) is 38.1 Å². The van der Waals surface area contributed by atoms with E-state index < -0.39 is 0 Å². The fraction of sp³-hybridized carbons (Fsp3) is 0.429. The van der Waals surface area contributed by atoms with Crippen molar-refractivity contribution in [1.29, 1.82) is 0 Å². The molecule has 2 aromatic rings. The van der Waals surface area contributed by atoms with Crippen LogP contribution in [0.5, 0.6) is 0 Å². The smallest absolute Gasteiger partial charge is 0.274 e. The lowest BCUT2D eigenvalue weighted by Gasteiger charge is -2.22. The molecule has 19 heavy (non-hydrogen) atoms. The minimum absolute atomic E-state index is 0.188. The topological polar surface area (TPSA) is 68.3 Å². The van der Waals surface area contributed by atoms with Gasteiger partial charge >= 0.3 is 0 Å². The molecule has 1 fully saturated rings. The van der Waals surface area contributed by atoms with Gasteiger partial charge in [-0.15, -0.1) is 0 Å². The third kappa shape index (κ3) is 2.54. The molecule has 0 atom stereocenters. The lowest BCUT2D eigenvalue weighted by molar-refractivity contribution is 0.0923. The number of oxazole rings is 1. The molecule has 1 aliphatic rings. The maximum Gasteiger partial charge on any atom is 0.274 e. The summed E-state index contributed by atoms with van der Waals surface area (Å²) in [5.41, 5.74) is 0.292. The summed E-state index contributed by atoms with van der Waals surface area (Å²) < 4.78 is 10.5. The number of nitrogens with zero attached hydrogens (tertiary/aromatic N) is 1. The van der Waals surface area contributed by atoms with Crippen LogP contribution in [0.4, 0.5) is 0 Å². The van der Waals surface area contributed by atoms with E-state index in [9.17, 15) is 4.79 Å². The number of nitrogens with one attached hydrogen (secondary N) is 1. The Labute approximate surface area is 111 Å². The minimum atomic E-state index is -0.188. The van der Waals surface area contributed by atoms with E-state index in [4.69, 9.17) is 8.83 Å². The number of hydrogen-bond acceptors (Lipinski definition) is 4. The first kappa shape index (κ1) is 12.0. The van der Waals surface area contributed by atoms with Crippen molar-refractivity contribution in [3.05, 3.63) is 30.5 Å². The van der Waals surface area contributed by atoms with Crippen LogP contribution in [0, 0.1) is 0 Å². The molecule has 1 amide bonds. The number of rotatable bonds is 3. The van der Waals surface area contributed by atoms with Crippen molar-refractivity contribution in [1.82, 2.24) is 10.3 Å². The van der Waals surface area contributed by atoms with Gasteiger partial charge in [-0.3, -0.25) is 4.79 Å². The van der Waals surface area contributed by atoms with Gasteiger partial charge in [-0.2, -0.15) is 0 Å². The lowest BCUT2D eigenvalue weighted by atomic mass is 9.95. The van der Waals surface area contributed by atoms with Crippen LogP contribution in [0.15, 0.2) is 33.6 Å². The van der Waals surface area contributed by atoms with Gasteiger partial charge in [0.1, 0.15) is 0 Å². The van der Waals surface area contributed by atoms with E-state index in [1.54, 1.807) is 18.4 Å². The Morgan fingerprint density at radius 3 is 2.84 bits per heavy atom. The van der Waals surface area contributed by atoms with Crippen LogP contribution in [0.25, 0.3) is 11.5 Å². The van der Waals surface area contributed by atoms with Crippen molar-refractivity contribution < 1.29 is 13.6 Å². The summed E-state index contributed by atoms with van der Waals surface area (Å²) in [5, 5.41) is 3.02. The van der Waals surface area contributed by atoms with E-state index >= 15 is 0 Å². The van der Waals surface area contributed by atoms with Crippen molar-refractivity contribution >= 4 is 5.91 Å². The molecule has 2 heterocycles. The molecule has 0 aliphatic heterocycles. The normalized spacial score (nSPS) is 16.4. The van der Waals surface area contributed by atoms with Gasteiger partial charge in [0.05, 0.1) is 6.26 Å². The highest BCUT2D eigenvalue weighted by atomic mass is 16.4. The zero-order chi connectivity index (χ0) is 13.1. The van der Waals surface area contributed by atoms with Crippen LogP contribution in [0.1, 0.15) is 42.6 Å². The highest BCUT2D eigenvalue weighted by Crippen LogP contribution is 2.24. The first-order valence-electron chi connectivity index (χ1n) is 6.63. The second kappa shape index (κ2) is 5.30. The highest BCUT2D eigenvalue weighted by molar-refractivity contribution is 5.97. The Bertz CT molecular complexity index is 539. The molecule has 1 saturated carbocycles. The molecule has 0 saturated heterocycles. The van der Waals surface area contributed by atoms with Crippen LogP contribution >= 0.6 is 0 Å². The first-order chi connectivity index (χ1) is 9.34. The second-order valence-electron chi connectivity index (χ2n) is 4.82. The largest absolute Gasteiger partial charge is 0.461 e.